The van der Waals surface area contributed by atoms with Gasteiger partial charge < -0.3 is 5.73 Å². The lowest BCUT2D eigenvalue weighted by molar-refractivity contribution is 0.893. The third-order valence-electron chi connectivity index (χ3n) is 1.79. The minimum Gasteiger partial charge on any atom is -0.383 e. The van der Waals surface area contributed by atoms with Gasteiger partial charge in [-0.15, -0.1) is 11.3 Å². The summed E-state index contributed by atoms with van der Waals surface area (Å²) in [5.41, 5.74) is 6.43. The first-order valence-electron chi connectivity index (χ1n) is 4.52. The Morgan fingerprint density at radius 3 is 2.62 bits per heavy atom. The molecule has 0 fully saturated rings. The van der Waals surface area contributed by atoms with Crippen LogP contribution in [0.25, 0.3) is 0 Å². The quantitative estimate of drug-likeness (QED) is 0.572. The van der Waals surface area contributed by atoms with Crippen LogP contribution in [0.1, 0.15) is 35.8 Å². The highest BCUT2D eigenvalue weighted by Crippen LogP contribution is 2.19. The molecule has 0 aliphatic carbocycles. The zero-order valence-electron chi connectivity index (χ0n) is 8.05. The second-order valence-electron chi connectivity index (χ2n) is 2.90. The van der Waals surface area contributed by atoms with Gasteiger partial charge in [-0.25, -0.2) is 4.98 Å². The van der Waals surface area contributed by atoms with Crippen LogP contribution in [0.5, 0.6) is 0 Å². The van der Waals surface area contributed by atoms with Crippen molar-refractivity contribution in [3.8, 4) is 0 Å². The van der Waals surface area contributed by atoms with Gasteiger partial charge in [-0.1, -0.05) is 13.8 Å². The number of nitrogen functional groups attached to an aromatic ring is 1. The van der Waals surface area contributed by atoms with Gasteiger partial charge >= 0.3 is 0 Å². The number of aryl methyl sites for hydroxylation is 2. The van der Waals surface area contributed by atoms with Gasteiger partial charge in [-0.3, -0.25) is 5.41 Å². The predicted octanol–water partition coefficient (Wildman–Crippen LogP) is 1.94. The van der Waals surface area contributed by atoms with Crippen molar-refractivity contribution in [1.29, 1.82) is 5.41 Å². The van der Waals surface area contributed by atoms with Crippen molar-refractivity contribution in [3.05, 3.63) is 15.6 Å². The lowest BCUT2D eigenvalue weighted by atomic mass is 10.3. The van der Waals surface area contributed by atoms with E-state index in [0.29, 0.717) is 0 Å². The van der Waals surface area contributed by atoms with E-state index in [1.54, 1.807) is 11.3 Å². The molecule has 72 valence electrons. The SMILES string of the molecule is CCCc1nc(CC)c(C(=N)N)s1. The molecule has 0 aromatic carbocycles. The summed E-state index contributed by atoms with van der Waals surface area (Å²) in [5, 5.41) is 8.47. The number of nitrogens with zero attached hydrogens (tertiary/aromatic N) is 1. The number of thiazole rings is 1. The number of hydrogen-bond donors (Lipinski definition) is 2. The van der Waals surface area contributed by atoms with Crippen molar-refractivity contribution in [3.63, 3.8) is 0 Å². The maximum absolute atomic E-state index is 7.37. The number of rotatable bonds is 4. The first-order valence-corrected chi connectivity index (χ1v) is 5.33. The van der Waals surface area contributed by atoms with Crippen LogP contribution in [0.2, 0.25) is 0 Å². The molecule has 1 rings (SSSR count). The molecule has 0 aliphatic heterocycles. The highest BCUT2D eigenvalue weighted by molar-refractivity contribution is 7.13. The van der Waals surface area contributed by atoms with Crippen LogP contribution in [0.15, 0.2) is 0 Å². The molecule has 0 atom stereocenters. The third-order valence-corrected chi connectivity index (χ3v) is 2.98. The van der Waals surface area contributed by atoms with Crippen LogP contribution in [0.4, 0.5) is 0 Å². The molecule has 0 saturated heterocycles. The van der Waals surface area contributed by atoms with E-state index in [2.05, 4.69) is 11.9 Å². The Bertz CT molecular complexity index is 304. The molecule has 0 unspecified atom stereocenters. The van der Waals surface area contributed by atoms with Crippen molar-refractivity contribution in [2.24, 2.45) is 5.73 Å². The number of aromatic nitrogens is 1. The molecule has 1 aromatic heterocycles. The second-order valence-corrected chi connectivity index (χ2v) is 3.98. The van der Waals surface area contributed by atoms with E-state index in [4.69, 9.17) is 11.1 Å². The molecule has 0 saturated carbocycles. The van der Waals surface area contributed by atoms with Gasteiger partial charge in [0.25, 0.3) is 0 Å². The average molecular weight is 197 g/mol. The van der Waals surface area contributed by atoms with Crippen LogP contribution < -0.4 is 5.73 Å². The largest absolute Gasteiger partial charge is 0.383 e. The van der Waals surface area contributed by atoms with E-state index in [1.807, 2.05) is 6.92 Å². The van der Waals surface area contributed by atoms with E-state index >= 15 is 0 Å². The molecule has 0 aliphatic rings. The Morgan fingerprint density at radius 2 is 2.23 bits per heavy atom. The van der Waals surface area contributed by atoms with E-state index < -0.39 is 0 Å². The first kappa shape index (κ1) is 10.2. The smallest absolute Gasteiger partial charge is 0.135 e. The van der Waals surface area contributed by atoms with E-state index in [1.165, 1.54) is 0 Å². The van der Waals surface area contributed by atoms with Gasteiger partial charge in [0.2, 0.25) is 0 Å². The van der Waals surface area contributed by atoms with E-state index in [-0.39, 0.29) is 5.84 Å². The molecular formula is C9H15N3S. The Hall–Kier alpha value is -0.900. The van der Waals surface area contributed by atoms with Crippen molar-refractivity contribution in [2.75, 3.05) is 0 Å². The topological polar surface area (TPSA) is 62.8 Å². The lowest BCUT2D eigenvalue weighted by Gasteiger charge is -1.93. The van der Waals surface area contributed by atoms with E-state index in [9.17, 15) is 0 Å². The minimum atomic E-state index is 0.150. The normalized spacial score (nSPS) is 10.3. The Morgan fingerprint density at radius 1 is 1.54 bits per heavy atom. The highest BCUT2D eigenvalue weighted by atomic mass is 32.1. The van der Waals surface area contributed by atoms with Crippen molar-refractivity contribution in [1.82, 2.24) is 4.98 Å². The molecule has 3 nitrogen and oxygen atoms in total. The number of nitrogens with two attached hydrogens (primary N) is 1. The van der Waals surface area contributed by atoms with Crippen LogP contribution in [0.3, 0.4) is 0 Å². The fourth-order valence-electron chi connectivity index (χ4n) is 1.17. The molecule has 13 heavy (non-hydrogen) atoms. The molecule has 4 heteroatoms. The fourth-order valence-corrected chi connectivity index (χ4v) is 2.29. The Balaban J connectivity index is 2.97. The van der Waals surface area contributed by atoms with E-state index in [0.717, 1.165) is 34.8 Å². The van der Waals surface area contributed by atoms with Gasteiger partial charge in [-0.2, -0.15) is 0 Å². The average Bonchev–Trinajstić information content (AvgIpc) is 2.48. The molecule has 3 N–H and O–H groups in total. The summed E-state index contributed by atoms with van der Waals surface area (Å²) in [6.07, 6.45) is 2.94. The summed E-state index contributed by atoms with van der Waals surface area (Å²) in [6.45, 7) is 4.16. The summed E-state index contributed by atoms with van der Waals surface area (Å²) >= 11 is 1.56. The van der Waals surface area contributed by atoms with Gasteiger partial charge in [-0.05, 0) is 19.3 Å². The van der Waals surface area contributed by atoms with Gasteiger partial charge in [0.15, 0.2) is 0 Å². The molecular weight excluding hydrogens is 182 g/mol. The lowest BCUT2D eigenvalue weighted by Crippen LogP contribution is -2.11. The third kappa shape index (κ3) is 2.28. The molecule has 0 bridgehead atoms. The zero-order chi connectivity index (χ0) is 9.84. The van der Waals surface area contributed by atoms with Crippen molar-refractivity contribution in [2.45, 2.75) is 33.1 Å². The zero-order valence-corrected chi connectivity index (χ0v) is 8.87. The monoisotopic (exact) mass is 197 g/mol. The predicted molar refractivity (Wildman–Crippen MR) is 56.5 cm³/mol. The maximum atomic E-state index is 7.37. The Labute approximate surface area is 82.5 Å². The molecule has 0 radical (unpaired) electrons. The standard InChI is InChI=1S/C9H15N3S/c1-3-5-7-12-6(4-2)8(13-7)9(10)11/h3-5H2,1-2H3,(H3,10,11). The molecule has 1 heterocycles. The van der Waals surface area contributed by atoms with Gasteiger partial charge in [0.1, 0.15) is 5.84 Å². The second kappa shape index (κ2) is 4.37. The fraction of sp³-hybridized carbons (Fsp3) is 0.556. The van der Waals surface area contributed by atoms with Crippen LogP contribution >= 0.6 is 11.3 Å². The summed E-state index contributed by atoms with van der Waals surface area (Å²) in [5.74, 6) is 0.150. The van der Waals surface area contributed by atoms with Crippen LogP contribution in [-0.2, 0) is 12.8 Å². The number of nitrogens with one attached hydrogen (secondary N) is 1. The summed E-state index contributed by atoms with van der Waals surface area (Å²) in [7, 11) is 0. The van der Waals surface area contributed by atoms with Crippen LogP contribution in [-0.4, -0.2) is 10.8 Å². The highest BCUT2D eigenvalue weighted by Gasteiger charge is 2.10. The van der Waals surface area contributed by atoms with Gasteiger partial charge in [0, 0.05) is 0 Å². The molecule has 1 aromatic rings. The molecule has 0 amide bonds. The summed E-state index contributed by atoms with van der Waals surface area (Å²) in [4.78, 5) is 5.29. The van der Waals surface area contributed by atoms with Gasteiger partial charge in [0.05, 0.1) is 15.6 Å². The van der Waals surface area contributed by atoms with Crippen molar-refractivity contribution >= 4 is 17.2 Å². The number of amidine groups is 1. The summed E-state index contributed by atoms with van der Waals surface area (Å²) in [6, 6.07) is 0. The Kier molecular flexibility index (Phi) is 3.42. The molecule has 0 spiro atoms. The minimum absolute atomic E-state index is 0.150. The summed E-state index contributed by atoms with van der Waals surface area (Å²) < 4.78 is 0. The van der Waals surface area contributed by atoms with Crippen molar-refractivity contribution < 1.29 is 0 Å². The number of hydrogen-bond acceptors (Lipinski definition) is 3. The maximum Gasteiger partial charge on any atom is 0.135 e. The van der Waals surface area contributed by atoms with Crippen LogP contribution in [0, 0.1) is 5.41 Å². The first-order chi connectivity index (χ1) is 6.19.